The highest BCUT2D eigenvalue weighted by Crippen LogP contribution is 2.69. The zero-order valence-corrected chi connectivity index (χ0v) is 23.8. The van der Waals surface area contributed by atoms with Crippen molar-refractivity contribution in [3.63, 3.8) is 0 Å². The Balaban J connectivity index is 1.79. The van der Waals surface area contributed by atoms with Crippen LogP contribution in [0.5, 0.6) is 0 Å². The monoisotopic (exact) mass is 558 g/mol. The minimum absolute atomic E-state index is 0.285. The molecule has 0 radical (unpaired) electrons. The van der Waals surface area contributed by atoms with E-state index in [1.54, 1.807) is 0 Å². The number of rotatable bonds is 7. The van der Waals surface area contributed by atoms with Crippen molar-refractivity contribution in [2.75, 3.05) is 0 Å². The Morgan fingerprint density at radius 3 is 1.18 bits per heavy atom. The first-order chi connectivity index (χ1) is 19.5. The molecule has 0 spiro atoms. The van der Waals surface area contributed by atoms with Gasteiger partial charge in [0.1, 0.15) is 11.0 Å². The Hall–Kier alpha value is -4.10. The van der Waals surface area contributed by atoms with Crippen LogP contribution < -0.4 is 21.2 Å². The van der Waals surface area contributed by atoms with Crippen molar-refractivity contribution in [1.29, 1.82) is 0 Å². The fraction of sp³-hybridized carbons (Fsp3) is 0.0588. The summed E-state index contributed by atoms with van der Waals surface area (Å²) in [5, 5.41) is 12.6. The van der Waals surface area contributed by atoms with Crippen LogP contribution >= 0.6 is 14.3 Å². The number of hydrogen-bond donors (Lipinski definition) is 0. The third kappa shape index (κ3) is 4.16. The number of benzene rings is 5. The van der Waals surface area contributed by atoms with E-state index in [9.17, 15) is 0 Å². The highest BCUT2D eigenvalue weighted by atomic mass is 31.2. The number of azo groups is 1. The van der Waals surface area contributed by atoms with Gasteiger partial charge in [-0.3, -0.25) is 0 Å². The molecule has 0 aromatic heterocycles. The van der Waals surface area contributed by atoms with E-state index in [0.29, 0.717) is 26.5 Å². The van der Waals surface area contributed by atoms with Crippen LogP contribution in [0.25, 0.3) is 0 Å². The summed E-state index contributed by atoms with van der Waals surface area (Å²) < 4.78 is 31.8. The lowest BCUT2D eigenvalue weighted by Crippen LogP contribution is -2.29. The SMILES string of the molecule is CC1(c2ccccc2)N=NC(P(=O)(c2ccccc2)c2ccccc2)=C1P(=O)(c1ccccc1)c1ccccc1. The fourth-order valence-corrected chi connectivity index (χ4v) is 12.0. The average Bonchev–Trinajstić information content (AvgIpc) is 3.41. The van der Waals surface area contributed by atoms with E-state index in [-0.39, 0.29) is 5.44 Å². The van der Waals surface area contributed by atoms with Gasteiger partial charge in [0, 0.05) is 21.2 Å². The zero-order chi connectivity index (χ0) is 27.6. The third-order valence-electron chi connectivity index (χ3n) is 7.45. The van der Waals surface area contributed by atoms with Gasteiger partial charge in [-0.2, -0.15) is 5.11 Å². The summed E-state index contributed by atoms with van der Waals surface area (Å²) in [5.41, 5.74) is 0.00705. The molecular weight excluding hydrogens is 530 g/mol. The maximum Gasteiger partial charge on any atom is 0.190 e. The molecule has 0 saturated carbocycles. The maximum atomic E-state index is 16.0. The van der Waals surface area contributed by atoms with E-state index in [1.165, 1.54) is 0 Å². The topological polar surface area (TPSA) is 58.9 Å². The van der Waals surface area contributed by atoms with Crippen molar-refractivity contribution in [2.24, 2.45) is 10.2 Å². The molecule has 4 nitrogen and oxygen atoms in total. The second-order valence-corrected chi connectivity index (χ2v) is 15.2. The molecule has 0 bridgehead atoms. The van der Waals surface area contributed by atoms with E-state index in [1.807, 2.05) is 159 Å². The average molecular weight is 559 g/mol. The van der Waals surface area contributed by atoms with Crippen molar-refractivity contribution < 1.29 is 9.13 Å². The smallest absolute Gasteiger partial charge is 0.190 e. The van der Waals surface area contributed by atoms with Crippen LogP contribution in [0.2, 0.25) is 0 Å². The molecule has 0 fully saturated rings. The highest BCUT2D eigenvalue weighted by molar-refractivity contribution is 7.86. The molecule has 5 aromatic carbocycles. The lowest BCUT2D eigenvalue weighted by molar-refractivity contribution is 0.569. The Kier molecular flexibility index (Phi) is 6.84. The molecule has 0 N–H and O–H groups in total. The zero-order valence-electron chi connectivity index (χ0n) is 22.0. The van der Waals surface area contributed by atoms with Gasteiger partial charge in [0.05, 0.1) is 5.31 Å². The quantitative estimate of drug-likeness (QED) is 0.194. The van der Waals surface area contributed by atoms with Crippen LogP contribution in [0.3, 0.4) is 0 Å². The molecule has 1 aliphatic heterocycles. The molecule has 0 amide bonds. The molecule has 1 aliphatic rings. The van der Waals surface area contributed by atoms with Crippen LogP contribution in [0, 0.1) is 0 Å². The highest BCUT2D eigenvalue weighted by Gasteiger charge is 2.53. The van der Waals surface area contributed by atoms with Crippen LogP contribution in [-0.2, 0) is 14.7 Å². The lowest BCUT2D eigenvalue weighted by atomic mass is 9.93. The summed E-state index contributed by atoms with van der Waals surface area (Å²) in [6.07, 6.45) is 0. The summed E-state index contributed by atoms with van der Waals surface area (Å²) in [6, 6.07) is 47.5. The summed E-state index contributed by atoms with van der Waals surface area (Å²) in [6.45, 7) is 1.94. The van der Waals surface area contributed by atoms with Crippen molar-refractivity contribution >= 4 is 35.5 Å². The Morgan fingerprint density at radius 1 is 0.475 bits per heavy atom. The number of nitrogens with zero attached hydrogens (tertiary/aromatic N) is 2. The molecule has 5 aromatic rings. The Morgan fingerprint density at radius 2 is 0.800 bits per heavy atom. The van der Waals surface area contributed by atoms with Gasteiger partial charge in [0.2, 0.25) is 0 Å². The van der Waals surface area contributed by atoms with E-state index in [4.69, 9.17) is 10.2 Å². The van der Waals surface area contributed by atoms with Gasteiger partial charge < -0.3 is 9.13 Å². The third-order valence-corrected chi connectivity index (χ3v) is 13.9. The second kappa shape index (κ2) is 10.5. The Labute approximate surface area is 234 Å². The van der Waals surface area contributed by atoms with Crippen molar-refractivity contribution in [3.8, 4) is 0 Å². The molecule has 196 valence electrons. The molecule has 6 heteroatoms. The summed E-state index contributed by atoms with van der Waals surface area (Å²) in [5.74, 6) is 0. The molecule has 1 atom stereocenters. The largest absolute Gasteiger partial charge is 0.309 e. The van der Waals surface area contributed by atoms with E-state index in [2.05, 4.69) is 0 Å². The predicted octanol–water partition coefficient (Wildman–Crippen LogP) is 7.56. The van der Waals surface area contributed by atoms with Crippen molar-refractivity contribution in [2.45, 2.75) is 12.5 Å². The van der Waals surface area contributed by atoms with Gasteiger partial charge >= 0.3 is 0 Å². The van der Waals surface area contributed by atoms with Gasteiger partial charge in [-0.15, -0.1) is 5.11 Å². The fourth-order valence-electron chi connectivity index (χ4n) is 5.43. The summed E-state index contributed by atoms with van der Waals surface area (Å²) >= 11 is 0. The second-order valence-electron chi connectivity index (χ2n) is 9.87. The van der Waals surface area contributed by atoms with Gasteiger partial charge in [-0.1, -0.05) is 152 Å². The number of hydrogen-bond acceptors (Lipinski definition) is 4. The summed E-state index contributed by atoms with van der Waals surface area (Å²) in [4.78, 5) is 0. The predicted molar refractivity (Wildman–Crippen MR) is 165 cm³/mol. The molecule has 0 aliphatic carbocycles. The standard InChI is InChI=1S/C34H28N2O2P2/c1-34(27-17-7-2-8-18-27)32(39(37,28-19-9-3-10-20-28)29-21-11-4-12-22-29)33(35-36-34)40(38,30-23-13-5-14-24-30)31-25-15-6-16-26-31/h2-26H,1H3. The summed E-state index contributed by atoms with van der Waals surface area (Å²) in [7, 11) is -7.25. The van der Waals surface area contributed by atoms with Gasteiger partial charge in [0.25, 0.3) is 0 Å². The van der Waals surface area contributed by atoms with E-state index < -0.39 is 19.8 Å². The maximum absolute atomic E-state index is 16.0. The van der Waals surface area contributed by atoms with E-state index in [0.717, 1.165) is 5.56 Å². The van der Waals surface area contributed by atoms with Crippen molar-refractivity contribution in [1.82, 2.24) is 0 Å². The minimum Gasteiger partial charge on any atom is -0.309 e. The first-order valence-electron chi connectivity index (χ1n) is 13.2. The van der Waals surface area contributed by atoms with Gasteiger partial charge in [-0.05, 0) is 12.5 Å². The van der Waals surface area contributed by atoms with Crippen LogP contribution in [-0.4, -0.2) is 0 Å². The van der Waals surface area contributed by atoms with Crippen molar-refractivity contribution in [3.05, 3.63) is 168 Å². The van der Waals surface area contributed by atoms with Crippen LogP contribution in [0.4, 0.5) is 0 Å². The van der Waals surface area contributed by atoms with E-state index >= 15 is 9.13 Å². The normalized spacial score (nSPS) is 17.2. The molecule has 6 rings (SSSR count). The minimum atomic E-state index is -3.63. The van der Waals surface area contributed by atoms with Gasteiger partial charge in [0.15, 0.2) is 14.3 Å². The first-order valence-corrected chi connectivity index (χ1v) is 16.6. The van der Waals surface area contributed by atoms with Crippen LogP contribution in [0.15, 0.2) is 173 Å². The first kappa shape index (κ1) is 26.1. The Bertz CT molecular complexity index is 1700. The lowest BCUT2D eigenvalue weighted by Gasteiger charge is -2.32. The molecule has 40 heavy (non-hydrogen) atoms. The molecule has 0 saturated heterocycles. The molecule has 1 heterocycles. The van der Waals surface area contributed by atoms with Gasteiger partial charge in [-0.25, -0.2) is 0 Å². The molecular formula is C34H28N2O2P2. The molecule has 1 unspecified atom stereocenters. The van der Waals surface area contributed by atoms with Crippen LogP contribution in [0.1, 0.15) is 12.5 Å².